The number of benzene rings is 2. The molecule has 6 nitrogen and oxygen atoms in total. The number of nitrogens with one attached hydrogen (secondary N) is 2. The lowest BCUT2D eigenvalue weighted by Crippen LogP contribution is -2.14. The fourth-order valence-electron chi connectivity index (χ4n) is 2.85. The van der Waals surface area contributed by atoms with Gasteiger partial charge in [-0.15, -0.1) is 0 Å². The van der Waals surface area contributed by atoms with Gasteiger partial charge in [0.25, 0.3) is 0 Å². The molecule has 124 valence electrons. The maximum absolute atomic E-state index is 12.3. The number of fused-ring (bicyclic) bond motifs is 1. The number of aromatic amines is 1. The van der Waals surface area contributed by atoms with Gasteiger partial charge in [0.05, 0.1) is 13.0 Å². The first-order valence-corrected chi connectivity index (χ1v) is 8.04. The molecule has 2 heterocycles. The predicted octanol–water partition coefficient (Wildman–Crippen LogP) is 2.99. The number of hydrogen-bond acceptors (Lipinski definition) is 3. The lowest BCUT2D eigenvalue weighted by Gasteiger charge is -2.07. The molecule has 0 atom stereocenters. The summed E-state index contributed by atoms with van der Waals surface area (Å²) in [6, 6.07) is 15.7. The molecule has 0 bridgehead atoms. The molecular weight excluding hydrogens is 314 g/mol. The van der Waals surface area contributed by atoms with E-state index in [9.17, 15) is 4.79 Å². The van der Waals surface area contributed by atoms with E-state index in [0.717, 1.165) is 27.7 Å². The van der Waals surface area contributed by atoms with E-state index in [-0.39, 0.29) is 5.91 Å². The van der Waals surface area contributed by atoms with Crippen LogP contribution in [0.5, 0.6) is 0 Å². The van der Waals surface area contributed by atoms with Crippen molar-refractivity contribution in [2.45, 2.75) is 13.0 Å². The summed E-state index contributed by atoms with van der Waals surface area (Å²) in [6.07, 6.45) is 5.42. The van der Waals surface area contributed by atoms with Crippen LogP contribution in [0.2, 0.25) is 0 Å². The third kappa shape index (κ3) is 3.42. The normalized spacial score (nSPS) is 10.9. The molecule has 0 aliphatic heterocycles. The van der Waals surface area contributed by atoms with Crippen LogP contribution in [-0.2, 0) is 17.8 Å². The minimum Gasteiger partial charge on any atom is -0.361 e. The molecule has 4 rings (SSSR count). The Hall–Kier alpha value is -3.41. The molecule has 0 spiro atoms. The first kappa shape index (κ1) is 15.1. The van der Waals surface area contributed by atoms with Crippen molar-refractivity contribution >= 4 is 22.5 Å². The largest absolute Gasteiger partial charge is 0.361 e. The van der Waals surface area contributed by atoms with Crippen molar-refractivity contribution in [1.29, 1.82) is 0 Å². The topological polar surface area (TPSA) is 75.6 Å². The molecule has 0 saturated heterocycles. The Labute approximate surface area is 144 Å². The molecule has 25 heavy (non-hydrogen) atoms. The van der Waals surface area contributed by atoms with Crippen LogP contribution in [0.4, 0.5) is 5.69 Å². The number of nitrogens with zero attached hydrogens (tertiary/aromatic N) is 3. The van der Waals surface area contributed by atoms with Crippen molar-refractivity contribution < 1.29 is 4.79 Å². The van der Waals surface area contributed by atoms with Crippen LogP contribution < -0.4 is 5.32 Å². The molecule has 0 saturated carbocycles. The molecule has 6 heteroatoms. The fourth-order valence-corrected chi connectivity index (χ4v) is 2.85. The van der Waals surface area contributed by atoms with E-state index in [0.29, 0.717) is 13.0 Å². The van der Waals surface area contributed by atoms with E-state index < -0.39 is 0 Å². The number of H-pyrrole nitrogens is 1. The second-order valence-electron chi connectivity index (χ2n) is 5.87. The zero-order chi connectivity index (χ0) is 17.1. The van der Waals surface area contributed by atoms with Gasteiger partial charge >= 0.3 is 0 Å². The van der Waals surface area contributed by atoms with E-state index >= 15 is 0 Å². The fraction of sp³-hybridized carbons (Fsp3) is 0.105. The predicted molar refractivity (Wildman–Crippen MR) is 96.2 cm³/mol. The summed E-state index contributed by atoms with van der Waals surface area (Å²) in [6.45, 7) is 0.656. The number of para-hydroxylation sites is 1. The Morgan fingerprint density at radius 1 is 1.12 bits per heavy atom. The Kier molecular flexibility index (Phi) is 4.00. The summed E-state index contributed by atoms with van der Waals surface area (Å²) < 4.78 is 1.75. The molecule has 0 unspecified atom stereocenters. The van der Waals surface area contributed by atoms with Gasteiger partial charge in [0.2, 0.25) is 5.91 Å². The second kappa shape index (κ2) is 6.60. The maximum Gasteiger partial charge on any atom is 0.228 e. The Morgan fingerprint density at radius 3 is 2.76 bits per heavy atom. The molecule has 2 aromatic heterocycles. The van der Waals surface area contributed by atoms with E-state index in [1.54, 1.807) is 11.0 Å². The summed E-state index contributed by atoms with van der Waals surface area (Å²) >= 11 is 0. The second-order valence-corrected chi connectivity index (χ2v) is 5.87. The van der Waals surface area contributed by atoms with E-state index in [2.05, 4.69) is 20.4 Å². The summed E-state index contributed by atoms with van der Waals surface area (Å²) in [4.78, 5) is 19.4. The quantitative estimate of drug-likeness (QED) is 0.590. The zero-order valence-corrected chi connectivity index (χ0v) is 13.5. The molecule has 0 fully saturated rings. The summed E-state index contributed by atoms with van der Waals surface area (Å²) in [7, 11) is 0. The van der Waals surface area contributed by atoms with E-state index in [1.807, 2.05) is 54.7 Å². The number of hydrogen-bond donors (Lipinski definition) is 2. The average molecular weight is 331 g/mol. The molecule has 0 aliphatic rings. The molecule has 0 aliphatic carbocycles. The van der Waals surface area contributed by atoms with Gasteiger partial charge in [-0.3, -0.25) is 4.79 Å². The standard InChI is InChI=1S/C19H17N5O/c25-19(9-15-10-21-18-4-2-1-3-17(15)18)23-16-7-5-14(6-8-16)11-24-13-20-12-22-24/h1-8,10,12-13,21H,9,11H2,(H,23,25). The lowest BCUT2D eigenvalue weighted by molar-refractivity contribution is -0.115. The molecule has 2 N–H and O–H groups in total. The smallest absolute Gasteiger partial charge is 0.228 e. The monoisotopic (exact) mass is 331 g/mol. The highest BCUT2D eigenvalue weighted by Crippen LogP contribution is 2.19. The molecular formula is C19H17N5O. The van der Waals surface area contributed by atoms with E-state index in [1.165, 1.54) is 6.33 Å². The van der Waals surface area contributed by atoms with Crippen molar-refractivity contribution in [2.24, 2.45) is 0 Å². The van der Waals surface area contributed by atoms with E-state index in [4.69, 9.17) is 0 Å². The van der Waals surface area contributed by atoms with Crippen molar-refractivity contribution in [3.05, 3.63) is 78.5 Å². The number of aromatic nitrogens is 4. The molecule has 0 radical (unpaired) electrons. The van der Waals surface area contributed by atoms with Gasteiger partial charge in [-0.2, -0.15) is 5.10 Å². The SMILES string of the molecule is O=C(Cc1c[nH]c2ccccc12)Nc1ccc(Cn2cncn2)cc1. The van der Waals surface area contributed by atoms with Crippen LogP contribution in [0, 0.1) is 0 Å². The third-order valence-corrected chi connectivity index (χ3v) is 4.07. The van der Waals surface area contributed by atoms with Crippen LogP contribution in [0.1, 0.15) is 11.1 Å². The minimum absolute atomic E-state index is 0.0335. The Morgan fingerprint density at radius 2 is 1.96 bits per heavy atom. The number of carbonyl (C=O) groups is 1. The maximum atomic E-state index is 12.3. The van der Waals surface area contributed by atoms with Crippen molar-refractivity contribution in [3.63, 3.8) is 0 Å². The summed E-state index contributed by atoms with van der Waals surface area (Å²) in [5.41, 5.74) is 3.92. The van der Waals surface area contributed by atoms with Gasteiger partial charge in [0.1, 0.15) is 12.7 Å². The number of rotatable bonds is 5. The highest BCUT2D eigenvalue weighted by atomic mass is 16.1. The van der Waals surface area contributed by atoms with Crippen LogP contribution in [0.3, 0.4) is 0 Å². The third-order valence-electron chi connectivity index (χ3n) is 4.07. The van der Waals surface area contributed by atoms with Crippen LogP contribution >= 0.6 is 0 Å². The van der Waals surface area contributed by atoms with Gasteiger partial charge in [0, 0.05) is 22.8 Å². The highest BCUT2D eigenvalue weighted by Gasteiger charge is 2.09. The number of amides is 1. The Balaban J connectivity index is 1.40. The zero-order valence-electron chi connectivity index (χ0n) is 13.5. The van der Waals surface area contributed by atoms with Crippen molar-refractivity contribution in [3.8, 4) is 0 Å². The van der Waals surface area contributed by atoms with Crippen molar-refractivity contribution in [2.75, 3.05) is 5.32 Å². The Bertz CT molecular complexity index is 986. The van der Waals surface area contributed by atoms with Crippen LogP contribution in [0.15, 0.2) is 67.4 Å². The first-order valence-electron chi connectivity index (χ1n) is 8.04. The summed E-state index contributed by atoms with van der Waals surface area (Å²) in [5.74, 6) is -0.0335. The first-order chi connectivity index (χ1) is 12.3. The van der Waals surface area contributed by atoms with Gasteiger partial charge in [0.15, 0.2) is 0 Å². The number of carbonyl (C=O) groups excluding carboxylic acids is 1. The van der Waals surface area contributed by atoms with Gasteiger partial charge in [-0.05, 0) is 29.3 Å². The minimum atomic E-state index is -0.0335. The van der Waals surface area contributed by atoms with Crippen molar-refractivity contribution in [1.82, 2.24) is 19.7 Å². The van der Waals surface area contributed by atoms with Gasteiger partial charge in [-0.1, -0.05) is 30.3 Å². The highest BCUT2D eigenvalue weighted by molar-refractivity contribution is 5.95. The molecule has 4 aromatic rings. The lowest BCUT2D eigenvalue weighted by atomic mass is 10.1. The van der Waals surface area contributed by atoms with Crippen LogP contribution in [-0.4, -0.2) is 25.7 Å². The molecule has 1 amide bonds. The molecule has 2 aromatic carbocycles. The van der Waals surface area contributed by atoms with Gasteiger partial charge in [-0.25, -0.2) is 9.67 Å². The average Bonchev–Trinajstić information content (AvgIpc) is 3.27. The van der Waals surface area contributed by atoms with Gasteiger partial charge < -0.3 is 10.3 Å². The number of anilines is 1. The van der Waals surface area contributed by atoms with Crippen LogP contribution in [0.25, 0.3) is 10.9 Å². The summed E-state index contributed by atoms with van der Waals surface area (Å²) in [5, 5.41) is 8.11.